The summed E-state index contributed by atoms with van der Waals surface area (Å²) in [4.78, 5) is 9.44. The zero-order valence-corrected chi connectivity index (χ0v) is 14.5. The fourth-order valence-electron chi connectivity index (χ4n) is 2.84. The van der Waals surface area contributed by atoms with Gasteiger partial charge in [0.2, 0.25) is 0 Å². The van der Waals surface area contributed by atoms with Crippen LogP contribution in [0.25, 0.3) is 0 Å². The van der Waals surface area contributed by atoms with Crippen molar-refractivity contribution in [1.82, 2.24) is 9.97 Å². The first-order valence-corrected chi connectivity index (χ1v) is 9.44. The summed E-state index contributed by atoms with van der Waals surface area (Å²) >= 11 is 2.05. The Balaban J connectivity index is 2.00. The fraction of sp³-hybridized carbons (Fsp3) is 0.765. The maximum Gasteiger partial charge on any atom is 0.140 e. The maximum atomic E-state index is 4.77. The van der Waals surface area contributed by atoms with E-state index in [-0.39, 0.29) is 0 Å². The Morgan fingerprint density at radius 3 is 2.67 bits per heavy atom. The summed E-state index contributed by atoms with van der Waals surface area (Å²) in [5.74, 6) is 3.57. The van der Waals surface area contributed by atoms with Gasteiger partial charge in [0.25, 0.3) is 0 Å². The molecule has 4 heteroatoms. The van der Waals surface area contributed by atoms with Gasteiger partial charge in [0, 0.05) is 23.6 Å². The molecular formula is C17H29N3S. The van der Waals surface area contributed by atoms with Crippen LogP contribution in [0.5, 0.6) is 0 Å². The quantitative estimate of drug-likeness (QED) is 0.794. The van der Waals surface area contributed by atoms with E-state index in [4.69, 9.17) is 4.98 Å². The molecule has 1 aromatic rings. The number of hydrogen-bond donors (Lipinski definition) is 1. The molecule has 2 rings (SSSR count). The lowest BCUT2D eigenvalue weighted by Gasteiger charge is -2.20. The molecule has 0 bridgehead atoms. The summed E-state index contributed by atoms with van der Waals surface area (Å²) in [7, 11) is 0. The van der Waals surface area contributed by atoms with Crippen LogP contribution in [0, 0.1) is 5.92 Å². The van der Waals surface area contributed by atoms with Gasteiger partial charge in [-0.05, 0) is 32.1 Å². The molecule has 0 aliphatic heterocycles. The van der Waals surface area contributed by atoms with Crippen LogP contribution >= 0.6 is 11.8 Å². The van der Waals surface area contributed by atoms with Gasteiger partial charge in [0.05, 0.1) is 5.75 Å². The smallest absolute Gasteiger partial charge is 0.140 e. The first-order chi connectivity index (χ1) is 10.2. The molecule has 1 aliphatic carbocycles. The number of nitrogens with zero attached hydrogens (tertiary/aromatic N) is 2. The molecule has 3 nitrogen and oxygen atoms in total. The van der Waals surface area contributed by atoms with Crippen molar-refractivity contribution < 1.29 is 0 Å². The standard InChI is InChI=1S/C17H29N3S/c1-4-18-16-11-14(10-13(2)3)19-17(20-16)12-21-15-8-6-5-7-9-15/h11,13,15H,4-10,12H2,1-3H3,(H,18,19,20). The SMILES string of the molecule is CCNc1cc(CC(C)C)nc(CSC2CCCCC2)n1. The van der Waals surface area contributed by atoms with E-state index in [9.17, 15) is 0 Å². The minimum Gasteiger partial charge on any atom is -0.370 e. The second-order valence-electron chi connectivity index (χ2n) is 6.36. The Bertz CT molecular complexity index is 428. The Morgan fingerprint density at radius 1 is 1.24 bits per heavy atom. The normalized spacial score (nSPS) is 16.4. The first kappa shape index (κ1) is 16.6. The van der Waals surface area contributed by atoms with E-state index in [2.05, 4.69) is 48.9 Å². The van der Waals surface area contributed by atoms with Crippen molar-refractivity contribution in [2.75, 3.05) is 11.9 Å². The van der Waals surface area contributed by atoms with Crippen molar-refractivity contribution in [1.29, 1.82) is 0 Å². The average Bonchev–Trinajstić information content (AvgIpc) is 2.46. The maximum absolute atomic E-state index is 4.77. The predicted octanol–water partition coefficient (Wildman–Crippen LogP) is 4.67. The largest absolute Gasteiger partial charge is 0.370 e. The van der Waals surface area contributed by atoms with Gasteiger partial charge in [0.15, 0.2) is 0 Å². The molecule has 1 saturated carbocycles. The third-order valence-corrected chi connectivity index (χ3v) is 5.17. The predicted molar refractivity (Wildman–Crippen MR) is 92.9 cm³/mol. The van der Waals surface area contributed by atoms with Crippen LogP contribution in [0.1, 0.15) is 64.4 Å². The van der Waals surface area contributed by atoms with Gasteiger partial charge in [-0.3, -0.25) is 0 Å². The molecular weight excluding hydrogens is 278 g/mol. The first-order valence-electron chi connectivity index (χ1n) is 8.39. The molecule has 1 aliphatic rings. The van der Waals surface area contributed by atoms with Crippen molar-refractivity contribution in [3.05, 3.63) is 17.6 Å². The summed E-state index contributed by atoms with van der Waals surface area (Å²) in [6.07, 6.45) is 7.99. The minimum atomic E-state index is 0.633. The number of hydrogen-bond acceptors (Lipinski definition) is 4. The van der Waals surface area contributed by atoms with E-state index < -0.39 is 0 Å². The fourth-order valence-corrected chi connectivity index (χ4v) is 4.02. The van der Waals surface area contributed by atoms with Gasteiger partial charge in [-0.1, -0.05) is 33.1 Å². The molecule has 0 atom stereocenters. The van der Waals surface area contributed by atoms with Crippen molar-refractivity contribution >= 4 is 17.6 Å². The van der Waals surface area contributed by atoms with E-state index in [0.717, 1.165) is 35.6 Å². The zero-order valence-electron chi connectivity index (χ0n) is 13.7. The third-order valence-electron chi connectivity index (χ3n) is 3.80. The summed E-state index contributed by atoms with van der Waals surface area (Å²) in [5, 5.41) is 4.16. The molecule has 1 fully saturated rings. The lowest BCUT2D eigenvalue weighted by Crippen LogP contribution is -2.11. The molecule has 0 unspecified atom stereocenters. The summed E-state index contributed by atoms with van der Waals surface area (Å²) in [6.45, 7) is 7.50. The lowest BCUT2D eigenvalue weighted by molar-refractivity contribution is 0.516. The molecule has 0 radical (unpaired) electrons. The van der Waals surface area contributed by atoms with E-state index in [1.807, 2.05) is 0 Å². The number of anilines is 1. The van der Waals surface area contributed by atoms with Crippen LogP contribution in [0.4, 0.5) is 5.82 Å². The molecule has 0 spiro atoms. The van der Waals surface area contributed by atoms with Crippen LogP contribution in [-0.2, 0) is 12.2 Å². The Kier molecular flexibility index (Phi) is 6.81. The highest BCUT2D eigenvalue weighted by Gasteiger charge is 2.15. The lowest BCUT2D eigenvalue weighted by atomic mass is 10.0. The van der Waals surface area contributed by atoms with Gasteiger partial charge < -0.3 is 5.32 Å². The highest BCUT2D eigenvalue weighted by molar-refractivity contribution is 7.99. The van der Waals surface area contributed by atoms with Crippen molar-refractivity contribution in [3.63, 3.8) is 0 Å². The Hall–Kier alpha value is -0.770. The van der Waals surface area contributed by atoms with E-state index in [1.165, 1.54) is 37.8 Å². The van der Waals surface area contributed by atoms with Gasteiger partial charge in [-0.25, -0.2) is 9.97 Å². The number of aromatic nitrogens is 2. The van der Waals surface area contributed by atoms with Crippen LogP contribution in [-0.4, -0.2) is 21.8 Å². The average molecular weight is 308 g/mol. The van der Waals surface area contributed by atoms with Crippen LogP contribution < -0.4 is 5.32 Å². The summed E-state index contributed by atoms with van der Waals surface area (Å²) in [5.41, 5.74) is 1.18. The third kappa shape index (κ3) is 5.85. The number of thioether (sulfide) groups is 1. The monoisotopic (exact) mass is 307 g/mol. The molecule has 0 saturated heterocycles. The molecule has 1 heterocycles. The highest BCUT2D eigenvalue weighted by Crippen LogP contribution is 2.30. The number of nitrogens with one attached hydrogen (secondary N) is 1. The van der Waals surface area contributed by atoms with Crippen LogP contribution in [0.15, 0.2) is 6.07 Å². The van der Waals surface area contributed by atoms with Crippen LogP contribution in [0.2, 0.25) is 0 Å². The van der Waals surface area contributed by atoms with Crippen molar-refractivity contribution in [2.24, 2.45) is 5.92 Å². The van der Waals surface area contributed by atoms with Gasteiger partial charge in [-0.15, -0.1) is 0 Å². The summed E-state index contributed by atoms with van der Waals surface area (Å²) in [6, 6.07) is 2.11. The Labute approximate surface area is 133 Å². The Morgan fingerprint density at radius 2 is 2.00 bits per heavy atom. The topological polar surface area (TPSA) is 37.8 Å². The second kappa shape index (κ2) is 8.62. The molecule has 118 valence electrons. The van der Waals surface area contributed by atoms with Crippen LogP contribution in [0.3, 0.4) is 0 Å². The van der Waals surface area contributed by atoms with E-state index >= 15 is 0 Å². The van der Waals surface area contributed by atoms with Gasteiger partial charge in [-0.2, -0.15) is 11.8 Å². The second-order valence-corrected chi connectivity index (χ2v) is 7.65. The molecule has 21 heavy (non-hydrogen) atoms. The van der Waals surface area contributed by atoms with Gasteiger partial charge >= 0.3 is 0 Å². The molecule has 1 aromatic heterocycles. The highest BCUT2D eigenvalue weighted by atomic mass is 32.2. The zero-order chi connectivity index (χ0) is 15.1. The van der Waals surface area contributed by atoms with Crippen molar-refractivity contribution in [2.45, 2.75) is 70.3 Å². The molecule has 0 aromatic carbocycles. The van der Waals surface area contributed by atoms with Crippen molar-refractivity contribution in [3.8, 4) is 0 Å². The van der Waals surface area contributed by atoms with E-state index in [1.54, 1.807) is 0 Å². The number of rotatable bonds is 7. The summed E-state index contributed by atoms with van der Waals surface area (Å²) < 4.78 is 0. The van der Waals surface area contributed by atoms with Gasteiger partial charge in [0.1, 0.15) is 11.6 Å². The molecule has 0 amide bonds. The minimum absolute atomic E-state index is 0.633. The molecule has 1 N–H and O–H groups in total. The van der Waals surface area contributed by atoms with E-state index in [0.29, 0.717) is 5.92 Å².